The van der Waals surface area contributed by atoms with E-state index in [4.69, 9.17) is 14.5 Å². The minimum Gasteiger partial charge on any atom is -0.494 e. The zero-order valence-electron chi connectivity index (χ0n) is 18.6. The van der Waals surface area contributed by atoms with Crippen LogP contribution in [0.25, 0.3) is 0 Å². The Kier molecular flexibility index (Phi) is 8.10. The molecule has 1 fully saturated rings. The molecule has 1 saturated heterocycles. The van der Waals surface area contributed by atoms with E-state index in [1.165, 1.54) is 10.4 Å². The minimum absolute atomic E-state index is 0.0240. The Morgan fingerprint density at radius 1 is 1.17 bits per heavy atom. The molecule has 164 valence electrons. The van der Waals surface area contributed by atoms with Crippen LogP contribution in [0.5, 0.6) is 5.75 Å². The second-order valence-electron chi connectivity index (χ2n) is 7.64. The van der Waals surface area contributed by atoms with Gasteiger partial charge in [-0.05, 0) is 58.2 Å². The summed E-state index contributed by atoms with van der Waals surface area (Å²) in [6.45, 7) is 12.7. The van der Waals surface area contributed by atoms with Gasteiger partial charge in [0.15, 0.2) is 5.96 Å². The number of benzene rings is 1. The summed E-state index contributed by atoms with van der Waals surface area (Å²) in [6, 6.07) is 8.55. The van der Waals surface area contributed by atoms with Gasteiger partial charge in [0.1, 0.15) is 5.75 Å². The van der Waals surface area contributed by atoms with Crippen molar-refractivity contribution in [2.75, 3.05) is 32.9 Å². The van der Waals surface area contributed by atoms with Gasteiger partial charge in [0.05, 0.1) is 23.9 Å². The number of aliphatic imine (C=N–C) groups is 1. The maximum Gasteiger partial charge on any atom is 0.191 e. The van der Waals surface area contributed by atoms with Crippen LogP contribution in [0, 0.1) is 13.8 Å². The van der Waals surface area contributed by atoms with Crippen LogP contribution in [-0.2, 0) is 16.7 Å². The lowest BCUT2D eigenvalue weighted by Gasteiger charge is -2.38. The molecule has 0 unspecified atom stereocenters. The second-order valence-corrected chi connectivity index (χ2v) is 8.93. The number of nitrogens with one attached hydrogen (secondary N) is 2. The topological polar surface area (TPSA) is 67.8 Å². The Labute approximate surface area is 184 Å². The largest absolute Gasteiger partial charge is 0.494 e. The van der Waals surface area contributed by atoms with Gasteiger partial charge in [-0.15, -0.1) is 11.3 Å². The SMILES string of the molecule is CCNC(=NCc1sc(C)nc1C)NCC1(c2ccc(OCC)cc2)CCOCC1. The van der Waals surface area contributed by atoms with E-state index in [9.17, 15) is 0 Å². The van der Waals surface area contributed by atoms with Crippen LogP contribution in [-0.4, -0.2) is 43.9 Å². The summed E-state index contributed by atoms with van der Waals surface area (Å²) in [5.74, 6) is 1.77. The van der Waals surface area contributed by atoms with E-state index in [0.29, 0.717) is 13.2 Å². The lowest BCUT2D eigenvalue weighted by Crippen LogP contribution is -2.48. The van der Waals surface area contributed by atoms with E-state index >= 15 is 0 Å². The third-order valence-electron chi connectivity index (χ3n) is 5.55. The first-order valence-corrected chi connectivity index (χ1v) is 11.6. The zero-order valence-corrected chi connectivity index (χ0v) is 19.4. The van der Waals surface area contributed by atoms with E-state index in [-0.39, 0.29) is 5.41 Å². The highest BCUT2D eigenvalue weighted by Gasteiger charge is 2.34. The van der Waals surface area contributed by atoms with E-state index in [1.807, 2.05) is 13.8 Å². The lowest BCUT2D eigenvalue weighted by atomic mass is 9.74. The van der Waals surface area contributed by atoms with E-state index in [2.05, 4.69) is 53.7 Å². The molecule has 0 spiro atoms. The average molecular weight is 431 g/mol. The van der Waals surface area contributed by atoms with Crippen molar-refractivity contribution in [3.05, 3.63) is 45.4 Å². The van der Waals surface area contributed by atoms with Crippen LogP contribution >= 0.6 is 11.3 Å². The van der Waals surface area contributed by atoms with Gasteiger partial charge in [-0.3, -0.25) is 0 Å². The van der Waals surface area contributed by atoms with Gasteiger partial charge < -0.3 is 20.1 Å². The number of nitrogens with zero attached hydrogens (tertiary/aromatic N) is 2. The van der Waals surface area contributed by atoms with Gasteiger partial charge in [-0.2, -0.15) is 0 Å². The highest BCUT2D eigenvalue weighted by Crippen LogP contribution is 2.35. The molecular formula is C23H34N4O2S. The van der Waals surface area contributed by atoms with Crippen LogP contribution in [0.15, 0.2) is 29.3 Å². The van der Waals surface area contributed by atoms with E-state index < -0.39 is 0 Å². The summed E-state index contributed by atoms with van der Waals surface area (Å²) in [7, 11) is 0. The summed E-state index contributed by atoms with van der Waals surface area (Å²) in [4.78, 5) is 10.5. The van der Waals surface area contributed by atoms with Crippen LogP contribution in [0.2, 0.25) is 0 Å². The van der Waals surface area contributed by atoms with E-state index in [1.54, 1.807) is 11.3 Å². The Bertz CT molecular complexity index is 826. The standard InChI is InChI=1S/C23H34N4O2S/c1-5-24-22(25-15-21-17(3)27-18(4)30-21)26-16-23(11-13-28-14-12-23)19-7-9-20(10-8-19)29-6-2/h7-10H,5-6,11-16H2,1-4H3,(H2,24,25,26). The van der Waals surface area contributed by atoms with Crippen molar-refractivity contribution in [3.8, 4) is 5.75 Å². The number of ether oxygens (including phenoxy) is 2. The number of hydrogen-bond donors (Lipinski definition) is 2. The highest BCUT2D eigenvalue weighted by molar-refractivity contribution is 7.11. The lowest BCUT2D eigenvalue weighted by molar-refractivity contribution is 0.0513. The predicted molar refractivity (Wildman–Crippen MR) is 124 cm³/mol. The molecule has 2 heterocycles. The molecule has 0 aliphatic carbocycles. The van der Waals surface area contributed by atoms with E-state index in [0.717, 1.165) is 61.6 Å². The second kappa shape index (κ2) is 10.8. The van der Waals surface area contributed by atoms with Crippen molar-refractivity contribution in [1.82, 2.24) is 15.6 Å². The molecule has 0 radical (unpaired) electrons. The first-order valence-electron chi connectivity index (χ1n) is 10.8. The summed E-state index contributed by atoms with van der Waals surface area (Å²) in [6.07, 6.45) is 1.97. The van der Waals surface area contributed by atoms with Crippen LogP contribution in [0.3, 0.4) is 0 Å². The summed E-state index contributed by atoms with van der Waals surface area (Å²) in [5, 5.41) is 8.08. The Morgan fingerprint density at radius 3 is 2.50 bits per heavy atom. The number of thiazole rings is 1. The van der Waals surface area contributed by atoms with Crippen molar-refractivity contribution in [2.24, 2.45) is 4.99 Å². The molecule has 0 bridgehead atoms. The molecule has 0 amide bonds. The predicted octanol–water partition coefficient (Wildman–Crippen LogP) is 3.96. The first-order chi connectivity index (χ1) is 14.6. The van der Waals surface area contributed by atoms with Crippen LogP contribution < -0.4 is 15.4 Å². The van der Waals surface area contributed by atoms with Gasteiger partial charge in [0, 0.05) is 36.6 Å². The van der Waals surface area contributed by atoms with Gasteiger partial charge in [-0.1, -0.05) is 12.1 Å². The number of hydrogen-bond acceptors (Lipinski definition) is 5. The van der Waals surface area contributed by atoms with Crippen LogP contribution in [0.1, 0.15) is 47.8 Å². The maximum atomic E-state index is 5.68. The maximum absolute atomic E-state index is 5.68. The number of aromatic nitrogens is 1. The number of guanidine groups is 1. The molecule has 3 rings (SSSR count). The summed E-state index contributed by atoms with van der Waals surface area (Å²) >= 11 is 1.72. The average Bonchev–Trinajstić information content (AvgIpc) is 3.08. The van der Waals surface area contributed by atoms with Gasteiger partial charge in [0.2, 0.25) is 0 Å². The molecule has 2 aromatic rings. The summed E-state index contributed by atoms with van der Waals surface area (Å²) < 4.78 is 11.3. The Hall–Kier alpha value is -2.12. The van der Waals surface area contributed by atoms with Gasteiger partial charge in [-0.25, -0.2) is 9.98 Å². The smallest absolute Gasteiger partial charge is 0.191 e. The molecule has 7 heteroatoms. The molecule has 30 heavy (non-hydrogen) atoms. The molecule has 0 atom stereocenters. The fraction of sp³-hybridized carbons (Fsp3) is 0.565. The van der Waals surface area contributed by atoms with Crippen molar-refractivity contribution >= 4 is 17.3 Å². The number of aryl methyl sites for hydroxylation is 2. The van der Waals surface area contributed by atoms with Gasteiger partial charge >= 0.3 is 0 Å². The molecule has 1 aromatic heterocycles. The van der Waals surface area contributed by atoms with Crippen molar-refractivity contribution in [1.29, 1.82) is 0 Å². The minimum atomic E-state index is 0.0240. The normalized spacial score (nSPS) is 16.3. The van der Waals surface area contributed by atoms with Crippen molar-refractivity contribution in [2.45, 2.75) is 52.5 Å². The third kappa shape index (κ3) is 5.73. The van der Waals surface area contributed by atoms with Crippen LogP contribution in [0.4, 0.5) is 0 Å². The van der Waals surface area contributed by atoms with Gasteiger partial charge in [0.25, 0.3) is 0 Å². The Morgan fingerprint density at radius 2 is 1.90 bits per heavy atom. The third-order valence-corrected chi connectivity index (χ3v) is 6.60. The molecule has 2 N–H and O–H groups in total. The monoisotopic (exact) mass is 430 g/mol. The zero-order chi connectivity index (χ0) is 21.4. The first kappa shape index (κ1) is 22.6. The molecule has 6 nitrogen and oxygen atoms in total. The molecule has 1 aliphatic rings. The fourth-order valence-corrected chi connectivity index (χ4v) is 4.73. The molecule has 1 aromatic carbocycles. The molecule has 0 saturated carbocycles. The van der Waals surface area contributed by atoms with Crippen molar-refractivity contribution < 1.29 is 9.47 Å². The highest BCUT2D eigenvalue weighted by atomic mass is 32.1. The number of rotatable bonds is 8. The fourth-order valence-electron chi connectivity index (χ4n) is 3.87. The Balaban J connectivity index is 1.74. The van der Waals surface area contributed by atoms with Crippen molar-refractivity contribution in [3.63, 3.8) is 0 Å². The molecule has 1 aliphatic heterocycles. The quantitative estimate of drug-likeness (QED) is 0.490. The summed E-state index contributed by atoms with van der Waals surface area (Å²) in [5.41, 5.74) is 2.43. The molecular weight excluding hydrogens is 396 g/mol.